The Bertz CT molecular complexity index is 300. The standard InChI is InChI=1S/C24H51N/c1-10-13-21(6)24(12-3)15-14-20(5)18-22(7)23(8)25(9)17-16-19(4)11-2/h19-24H,10-18H2,1-9H3/t19-,20+,21+,22+,23+,24+/m0/s1. The van der Waals surface area contributed by atoms with E-state index in [0.717, 1.165) is 29.6 Å². The Morgan fingerprint density at radius 1 is 0.680 bits per heavy atom. The van der Waals surface area contributed by atoms with Gasteiger partial charge in [-0.05, 0) is 69.4 Å². The predicted octanol–water partition coefficient (Wildman–Crippen LogP) is 7.65. The number of nitrogens with zero attached hydrogens (tertiary/aromatic N) is 1. The average Bonchev–Trinajstić information content (AvgIpc) is 2.59. The first-order valence-electron chi connectivity index (χ1n) is 11.5. The highest BCUT2D eigenvalue weighted by Gasteiger charge is 2.21. The minimum atomic E-state index is 0.701. The van der Waals surface area contributed by atoms with Crippen LogP contribution in [-0.2, 0) is 0 Å². The quantitative estimate of drug-likeness (QED) is 0.292. The number of hydrogen-bond donors (Lipinski definition) is 0. The van der Waals surface area contributed by atoms with Gasteiger partial charge < -0.3 is 4.90 Å². The lowest BCUT2D eigenvalue weighted by atomic mass is 9.81. The summed E-state index contributed by atoms with van der Waals surface area (Å²) >= 11 is 0. The van der Waals surface area contributed by atoms with E-state index in [4.69, 9.17) is 0 Å². The predicted molar refractivity (Wildman–Crippen MR) is 116 cm³/mol. The van der Waals surface area contributed by atoms with E-state index in [1.807, 2.05) is 0 Å². The Labute approximate surface area is 161 Å². The number of hydrogen-bond acceptors (Lipinski definition) is 1. The molecule has 0 aliphatic rings. The molecular formula is C24H51N. The fraction of sp³-hybridized carbons (Fsp3) is 1.00. The zero-order valence-electron chi connectivity index (χ0n) is 19.3. The molecule has 0 fully saturated rings. The van der Waals surface area contributed by atoms with Gasteiger partial charge in [-0.3, -0.25) is 0 Å². The van der Waals surface area contributed by atoms with E-state index >= 15 is 0 Å². The number of rotatable bonds is 15. The summed E-state index contributed by atoms with van der Waals surface area (Å²) in [6.07, 6.45) is 11.0. The van der Waals surface area contributed by atoms with Gasteiger partial charge in [-0.1, -0.05) is 80.6 Å². The molecule has 152 valence electrons. The molecule has 0 aromatic rings. The van der Waals surface area contributed by atoms with Crippen molar-refractivity contribution in [3.8, 4) is 0 Å². The van der Waals surface area contributed by atoms with Crippen molar-refractivity contribution < 1.29 is 0 Å². The summed E-state index contributed by atoms with van der Waals surface area (Å²) in [5.41, 5.74) is 0. The topological polar surface area (TPSA) is 3.24 Å². The second-order valence-electron chi connectivity index (χ2n) is 9.35. The molecule has 0 heterocycles. The van der Waals surface area contributed by atoms with Gasteiger partial charge in [-0.2, -0.15) is 0 Å². The first-order chi connectivity index (χ1) is 11.8. The third kappa shape index (κ3) is 10.6. The van der Waals surface area contributed by atoms with Crippen molar-refractivity contribution in [2.45, 2.75) is 113 Å². The summed E-state index contributed by atoms with van der Waals surface area (Å²) in [6, 6.07) is 0.701. The van der Waals surface area contributed by atoms with Crippen molar-refractivity contribution in [2.75, 3.05) is 13.6 Å². The van der Waals surface area contributed by atoms with Crippen LogP contribution in [0.5, 0.6) is 0 Å². The van der Waals surface area contributed by atoms with Crippen molar-refractivity contribution in [3.63, 3.8) is 0 Å². The Kier molecular flexibility index (Phi) is 14.0. The summed E-state index contributed by atoms with van der Waals surface area (Å²) < 4.78 is 0. The Hall–Kier alpha value is -0.0400. The monoisotopic (exact) mass is 353 g/mol. The molecule has 0 bridgehead atoms. The van der Waals surface area contributed by atoms with Crippen LogP contribution >= 0.6 is 0 Å². The fourth-order valence-corrected chi connectivity index (χ4v) is 4.30. The minimum Gasteiger partial charge on any atom is -0.303 e. The van der Waals surface area contributed by atoms with Crippen LogP contribution in [0.4, 0.5) is 0 Å². The lowest BCUT2D eigenvalue weighted by Gasteiger charge is -2.32. The van der Waals surface area contributed by atoms with Crippen LogP contribution < -0.4 is 0 Å². The molecule has 0 aliphatic heterocycles. The molecule has 0 saturated heterocycles. The van der Waals surface area contributed by atoms with Crippen molar-refractivity contribution in [3.05, 3.63) is 0 Å². The van der Waals surface area contributed by atoms with Crippen LogP contribution in [0, 0.1) is 29.6 Å². The second-order valence-corrected chi connectivity index (χ2v) is 9.35. The van der Waals surface area contributed by atoms with Gasteiger partial charge >= 0.3 is 0 Å². The van der Waals surface area contributed by atoms with Gasteiger partial charge in [0.05, 0.1) is 0 Å². The van der Waals surface area contributed by atoms with Crippen LogP contribution in [-0.4, -0.2) is 24.5 Å². The summed E-state index contributed by atoms with van der Waals surface area (Å²) in [5, 5.41) is 0. The molecule has 0 N–H and O–H groups in total. The molecule has 0 rings (SSSR count). The maximum Gasteiger partial charge on any atom is 0.00896 e. The van der Waals surface area contributed by atoms with E-state index in [1.54, 1.807) is 0 Å². The third-order valence-electron chi connectivity index (χ3n) is 7.07. The van der Waals surface area contributed by atoms with E-state index in [0.29, 0.717) is 6.04 Å². The molecule has 0 aliphatic carbocycles. The van der Waals surface area contributed by atoms with Crippen molar-refractivity contribution in [1.29, 1.82) is 0 Å². The molecular weight excluding hydrogens is 302 g/mol. The summed E-state index contributed by atoms with van der Waals surface area (Å²) in [4.78, 5) is 2.60. The molecule has 1 nitrogen and oxygen atoms in total. The van der Waals surface area contributed by atoms with Crippen LogP contribution in [0.15, 0.2) is 0 Å². The van der Waals surface area contributed by atoms with E-state index < -0.39 is 0 Å². The Morgan fingerprint density at radius 3 is 1.84 bits per heavy atom. The van der Waals surface area contributed by atoms with E-state index in [9.17, 15) is 0 Å². The van der Waals surface area contributed by atoms with Crippen molar-refractivity contribution in [2.24, 2.45) is 29.6 Å². The molecule has 6 atom stereocenters. The highest BCUT2D eigenvalue weighted by atomic mass is 15.1. The van der Waals surface area contributed by atoms with E-state index in [-0.39, 0.29) is 0 Å². The van der Waals surface area contributed by atoms with Gasteiger partial charge in [0, 0.05) is 6.04 Å². The van der Waals surface area contributed by atoms with Crippen LogP contribution in [0.25, 0.3) is 0 Å². The van der Waals surface area contributed by atoms with Crippen LogP contribution in [0.3, 0.4) is 0 Å². The van der Waals surface area contributed by atoms with Gasteiger partial charge in [0.15, 0.2) is 0 Å². The summed E-state index contributed by atoms with van der Waals surface area (Å²) in [7, 11) is 2.33. The summed E-state index contributed by atoms with van der Waals surface area (Å²) in [6.45, 7) is 20.5. The Balaban J connectivity index is 4.23. The molecule has 0 unspecified atom stereocenters. The third-order valence-corrected chi connectivity index (χ3v) is 7.07. The largest absolute Gasteiger partial charge is 0.303 e. The molecule has 1 heteroatoms. The lowest BCUT2D eigenvalue weighted by molar-refractivity contribution is 0.166. The maximum atomic E-state index is 2.60. The smallest absolute Gasteiger partial charge is 0.00896 e. The van der Waals surface area contributed by atoms with Crippen molar-refractivity contribution in [1.82, 2.24) is 4.90 Å². The fourth-order valence-electron chi connectivity index (χ4n) is 4.30. The summed E-state index contributed by atoms with van der Waals surface area (Å²) in [5.74, 6) is 4.37. The van der Waals surface area contributed by atoms with Crippen LogP contribution in [0.1, 0.15) is 107 Å². The van der Waals surface area contributed by atoms with Gasteiger partial charge in [0.1, 0.15) is 0 Å². The molecule has 0 spiro atoms. The maximum absolute atomic E-state index is 2.60. The van der Waals surface area contributed by atoms with E-state index in [1.165, 1.54) is 57.9 Å². The normalized spacial score (nSPS) is 19.4. The minimum absolute atomic E-state index is 0.701. The molecule has 0 aromatic carbocycles. The molecule has 25 heavy (non-hydrogen) atoms. The second kappa shape index (κ2) is 14.1. The molecule has 0 aromatic heterocycles. The lowest BCUT2D eigenvalue weighted by Crippen LogP contribution is -2.36. The highest BCUT2D eigenvalue weighted by molar-refractivity contribution is 4.74. The molecule has 0 saturated carbocycles. The zero-order chi connectivity index (χ0) is 19.4. The van der Waals surface area contributed by atoms with Gasteiger partial charge in [0.2, 0.25) is 0 Å². The van der Waals surface area contributed by atoms with Crippen LogP contribution in [0.2, 0.25) is 0 Å². The first-order valence-corrected chi connectivity index (χ1v) is 11.5. The molecule has 0 amide bonds. The molecule has 0 radical (unpaired) electrons. The van der Waals surface area contributed by atoms with Gasteiger partial charge in [-0.25, -0.2) is 0 Å². The van der Waals surface area contributed by atoms with Crippen molar-refractivity contribution >= 4 is 0 Å². The Morgan fingerprint density at radius 2 is 1.32 bits per heavy atom. The van der Waals surface area contributed by atoms with Gasteiger partial charge in [-0.15, -0.1) is 0 Å². The zero-order valence-corrected chi connectivity index (χ0v) is 19.3. The SMILES string of the molecule is CCC[C@@H](C)[C@H](CC)CC[C@@H](C)C[C@@H](C)[C@@H](C)N(C)CC[C@@H](C)CC. The highest BCUT2D eigenvalue weighted by Crippen LogP contribution is 2.29. The average molecular weight is 354 g/mol. The van der Waals surface area contributed by atoms with E-state index in [2.05, 4.69) is 67.3 Å². The first kappa shape index (κ1) is 25.0. The van der Waals surface area contributed by atoms with Gasteiger partial charge in [0.25, 0.3) is 0 Å².